The maximum Gasteiger partial charge on any atom is 0.233 e. The lowest BCUT2D eigenvalue weighted by Gasteiger charge is -2.01. The molecule has 0 bridgehead atoms. The summed E-state index contributed by atoms with van der Waals surface area (Å²) in [7, 11) is 1.86. The molecule has 1 N–H and O–H groups in total. The first kappa shape index (κ1) is 9.85. The van der Waals surface area contributed by atoms with E-state index in [0.29, 0.717) is 5.13 Å². The second-order valence-electron chi connectivity index (χ2n) is 3.02. The minimum Gasteiger partial charge on any atom is -0.338 e. The molecule has 2 aromatic heterocycles. The van der Waals surface area contributed by atoms with Crippen molar-refractivity contribution >= 4 is 22.4 Å². The van der Waals surface area contributed by atoms with Gasteiger partial charge in [0.15, 0.2) is 5.13 Å². The smallest absolute Gasteiger partial charge is 0.233 e. The summed E-state index contributed by atoms with van der Waals surface area (Å²) >= 11 is 1.40. The van der Waals surface area contributed by atoms with E-state index in [2.05, 4.69) is 15.3 Å². The summed E-state index contributed by atoms with van der Waals surface area (Å²) in [6.07, 6.45) is 5.40. The van der Waals surface area contributed by atoms with Gasteiger partial charge in [-0.05, 0) is 0 Å². The second kappa shape index (κ2) is 4.22. The summed E-state index contributed by atoms with van der Waals surface area (Å²) < 4.78 is 1.82. The molecule has 0 aromatic carbocycles. The molecule has 0 aliphatic heterocycles. The average Bonchev–Trinajstić information content (AvgIpc) is 2.79. The molecule has 0 aliphatic rings. The van der Waals surface area contributed by atoms with Crippen LogP contribution in [0.25, 0.3) is 0 Å². The normalized spacial score (nSPS) is 10.2. The van der Waals surface area contributed by atoms with Crippen LogP contribution in [0.3, 0.4) is 0 Å². The zero-order valence-corrected chi connectivity index (χ0v) is 8.99. The van der Waals surface area contributed by atoms with Crippen LogP contribution in [0.15, 0.2) is 24.0 Å². The summed E-state index contributed by atoms with van der Waals surface area (Å²) in [6.45, 7) is 0. The topological polar surface area (TPSA) is 59.8 Å². The first-order chi connectivity index (χ1) is 7.25. The highest BCUT2D eigenvalue weighted by Crippen LogP contribution is 2.10. The number of aryl methyl sites for hydroxylation is 1. The highest BCUT2D eigenvalue weighted by Gasteiger charge is 2.08. The number of nitrogens with one attached hydrogen (secondary N) is 1. The molecule has 2 rings (SSSR count). The van der Waals surface area contributed by atoms with E-state index in [9.17, 15) is 4.79 Å². The van der Waals surface area contributed by atoms with Crippen molar-refractivity contribution in [2.24, 2.45) is 7.05 Å². The summed E-state index contributed by atoms with van der Waals surface area (Å²) in [6, 6.07) is 0. The quantitative estimate of drug-likeness (QED) is 0.844. The van der Waals surface area contributed by atoms with Crippen LogP contribution in [0.5, 0.6) is 0 Å². The highest BCUT2D eigenvalue weighted by molar-refractivity contribution is 7.13. The predicted octanol–water partition coefficient (Wildman–Crippen LogP) is 1.06. The van der Waals surface area contributed by atoms with Gasteiger partial charge in [0, 0.05) is 31.0 Å². The van der Waals surface area contributed by atoms with Gasteiger partial charge in [-0.1, -0.05) is 0 Å². The number of aromatic nitrogens is 3. The van der Waals surface area contributed by atoms with Crippen molar-refractivity contribution in [2.75, 3.05) is 5.32 Å². The zero-order chi connectivity index (χ0) is 10.7. The molecular formula is C9H10N4OS. The van der Waals surface area contributed by atoms with Crippen LogP contribution in [0.4, 0.5) is 5.13 Å². The summed E-state index contributed by atoms with van der Waals surface area (Å²) in [5.74, 6) is 0.642. The van der Waals surface area contributed by atoms with E-state index in [1.54, 1.807) is 12.4 Å². The molecule has 1 amide bonds. The van der Waals surface area contributed by atoms with Crippen molar-refractivity contribution in [3.63, 3.8) is 0 Å². The molecular weight excluding hydrogens is 212 g/mol. The largest absolute Gasteiger partial charge is 0.338 e. The molecule has 0 spiro atoms. The second-order valence-corrected chi connectivity index (χ2v) is 3.91. The third-order valence-electron chi connectivity index (χ3n) is 1.92. The predicted molar refractivity (Wildman–Crippen MR) is 57.7 cm³/mol. The van der Waals surface area contributed by atoms with Crippen LogP contribution in [-0.4, -0.2) is 20.4 Å². The van der Waals surface area contributed by atoms with Gasteiger partial charge in [-0.3, -0.25) is 4.79 Å². The number of hydrogen-bond acceptors (Lipinski definition) is 4. The van der Waals surface area contributed by atoms with Gasteiger partial charge in [0.05, 0.1) is 6.42 Å². The van der Waals surface area contributed by atoms with Gasteiger partial charge >= 0.3 is 0 Å². The molecule has 2 aromatic rings. The number of carbonyl (C=O) groups is 1. The van der Waals surface area contributed by atoms with Crippen LogP contribution < -0.4 is 5.32 Å². The standard InChI is InChI=1S/C9H10N4OS/c1-13-4-2-10-7(13)6-8(14)12-9-11-3-5-15-9/h2-5H,6H2,1H3,(H,11,12,14). The molecule has 2 heterocycles. The van der Waals surface area contributed by atoms with Crippen molar-refractivity contribution in [1.82, 2.24) is 14.5 Å². The van der Waals surface area contributed by atoms with Gasteiger partial charge in [-0.2, -0.15) is 0 Å². The lowest BCUT2D eigenvalue weighted by atomic mass is 10.4. The summed E-state index contributed by atoms with van der Waals surface area (Å²) in [4.78, 5) is 19.6. The molecule has 78 valence electrons. The van der Waals surface area contributed by atoms with Crippen molar-refractivity contribution in [3.05, 3.63) is 29.8 Å². The molecule has 6 heteroatoms. The maximum atomic E-state index is 11.5. The number of nitrogens with zero attached hydrogens (tertiary/aromatic N) is 3. The number of anilines is 1. The first-order valence-corrected chi connectivity index (χ1v) is 5.29. The number of carbonyl (C=O) groups excluding carboxylic acids is 1. The molecule has 5 nitrogen and oxygen atoms in total. The van der Waals surface area contributed by atoms with E-state index < -0.39 is 0 Å². The lowest BCUT2D eigenvalue weighted by Crippen LogP contribution is -2.16. The Balaban J connectivity index is 1.96. The Bertz CT molecular complexity index is 448. The van der Waals surface area contributed by atoms with Gasteiger partial charge in [-0.25, -0.2) is 9.97 Å². The van der Waals surface area contributed by atoms with Gasteiger partial charge in [-0.15, -0.1) is 11.3 Å². The van der Waals surface area contributed by atoms with Gasteiger partial charge < -0.3 is 9.88 Å². The highest BCUT2D eigenvalue weighted by atomic mass is 32.1. The molecule has 0 aliphatic carbocycles. The first-order valence-electron chi connectivity index (χ1n) is 4.41. The Morgan fingerprint density at radius 2 is 2.40 bits per heavy atom. The van der Waals surface area contributed by atoms with Crippen LogP contribution in [0.1, 0.15) is 5.82 Å². The lowest BCUT2D eigenvalue weighted by molar-refractivity contribution is -0.115. The fourth-order valence-corrected chi connectivity index (χ4v) is 1.70. The minimum absolute atomic E-state index is 0.0979. The SMILES string of the molecule is Cn1ccnc1CC(=O)Nc1nccs1. The van der Waals surface area contributed by atoms with E-state index in [1.165, 1.54) is 11.3 Å². The Morgan fingerprint density at radius 1 is 1.53 bits per heavy atom. The fraction of sp³-hybridized carbons (Fsp3) is 0.222. The molecule has 0 saturated heterocycles. The average molecular weight is 222 g/mol. The van der Waals surface area contributed by atoms with Gasteiger partial charge in [0.1, 0.15) is 5.82 Å². The maximum absolute atomic E-state index is 11.5. The third-order valence-corrected chi connectivity index (χ3v) is 2.61. The van der Waals surface area contributed by atoms with Crippen LogP contribution in [-0.2, 0) is 18.3 Å². The van der Waals surface area contributed by atoms with Crippen LogP contribution >= 0.6 is 11.3 Å². The molecule has 15 heavy (non-hydrogen) atoms. The Labute approximate surface area is 90.8 Å². The van der Waals surface area contributed by atoms with E-state index in [4.69, 9.17) is 0 Å². The third kappa shape index (κ3) is 2.41. The Morgan fingerprint density at radius 3 is 3.00 bits per heavy atom. The minimum atomic E-state index is -0.0979. The number of rotatable bonds is 3. The molecule has 0 saturated carbocycles. The summed E-state index contributed by atoms with van der Waals surface area (Å²) in [5, 5.41) is 5.14. The molecule has 0 unspecified atom stereocenters. The Kier molecular flexibility index (Phi) is 2.77. The number of amides is 1. The number of imidazole rings is 1. The number of hydrogen-bond donors (Lipinski definition) is 1. The van der Waals surface area contributed by atoms with E-state index in [0.717, 1.165) is 5.82 Å². The van der Waals surface area contributed by atoms with Crippen LogP contribution in [0, 0.1) is 0 Å². The summed E-state index contributed by atoms with van der Waals surface area (Å²) in [5.41, 5.74) is 0. The van der Waals surface area contributed by atoms with Crippen molar-refractivity contribution in [2.45, 2.75) is 6.42 Å². The fourth-order valence-electron chi connectivity index (χ4n) is 1.16. The van der Waals surface area contributed by atoms with E-state index in [-0.39, 0.29) is 12.3 Å². The molecule has 0 atom stereocenters. The number of thiazole rings is 1. The molecule has 0 fully saturated rings. The van der Waals surface area contributed by atoms with Crippen molar-refractivity contribution in [3.8, 4) is 0 Å². The van der Waals surface area contributed by atoms with E-state index in [1.807, 2.05) is 23.2 Å². The Hall–Kier alpha value is -1.69. The zero-order valence-electron chi connectivity index (χ0n) is 8.17. The molecule has 0 radical (unpaired) electrons. The van der Waals surface area contributed by atoms with Gasteiger partial charge in [0.2, 0.25) is 5.91 Å². The van der Waals surface area contributed by atoms with Crippen LogP contribution in [0.2, 0.25) is 0 Å². The van der Waals surface area contributed by atoms with Crippen molar-refractivity contribution in [1.29, 1.82) is 0 Å². The monoisotopic (exact) mass is 222 g/mol. The van der Waals surface area contributed by atoms with E-state index >= 15 is 0 Å². The van der Waals surface area contributed by atoms with Gasteiger partial charge in [0.25, 0.3) is 0 Å². The van der Waals surface area contributed by atoms with Crippen molar-refractivity contribution < 1.29 is 4.79 Å².